The minimum Gasteiger partial charge on any atom is -0.356 e. The van der Waals surface area contributed by atoms with Crippen molar-refractivity contribution >= 4 is 27.2 Å². The monoisotopic (exact) mass is 346 g/mol. The summed E-state index contributed by atoms with van der Waals surface area (Å²) in [5, 5.41) is 3.01. The molecule has 1 atom stereocenters. The number of benzene rings is 1. The Kier molecular flexibility index (Phi) is 4.99. The molecule has 0 radical (unpaired) electrons. The van der Waals surface area contributed by atoms with Gasteiger partial charge in [0.25, 0.3) is 0 Å². The number of hydrogen-bond acceptors (Lipinski definition) is 6. The smallest absolute Gasteiger partial charge is 0.150 e. The Labute approximate surface area is 142 Å². The lowest BCUT2D eigenvalue weighted by atomic mass is 10.2. The molecule has 0 amide bonds. The van der Waals surface area contributed by atoms with Gasteiger partial charge in [0, 0.05) is 31.1 Å². The topological polar surface area (TPSA) is 75.2 Å². The predicted molar refractivity (Wildman–Crippen MR) is 96.5 cm³/mol. The summed E-state index contributed by atoms with van der Waals surface area (Å²) in [7, 11) is -2.98. The van der Waals surface area contributed by atoms with Crippen LogP contribution in [0.15, 0.2) is 42.7 Å². The highest BCUT2D eigenvalue weighted by Crippen LogP contribution is 2.23. The van der Waals surface area contributed by atoms with E-state index in [1.54, 1.807) is 6.33 Å². The number of nitrogens with zero attached hydrogens (tertiary/aromatic N) is 3. The van der Waals surface area contributed by atoms with Crippen molar-refractivity contribution < 1.29 is 8.42 Å². The van der Waals surface area contributed by atoms with E-state index in [4.69, 9.17) is 0 Å². The number of hydrogen-bond donors (Lipinski definition) is 1. The van der Waals surface area contributed by atoms with Crippen molar-refractivity contribution in [2.45, 2.75) is 24.5 Å². The number of para-hydroxylation sites is 1. The Morgan fingerprint density at radius 3 is 2.67 bits per heavy atom. The fourth-order valence-electron chi connectivity index (χ4n) is 2.98. The van der Waals surface area contributed by atoms with Crippen molar-refractivity contribution in [3.05, 3.63) is 42.7 Å². The number of rotatable bonds is 4. The Hall–Kier alpha value is -2.15. The van der Waals surface area contributed by atoms with Gasteiger partial charge in [-0.05, 0) is 31.4 Å². The van der Waals surface area contributed by atoms with E-state index >= 15 is 0 Å². The molecule has 1 N–H and O–H groups in total. The van der Waals surface area contributed by atoms with Crippen molar-refractivity contribution in [1.82, 2.24) is 9.97 Å². The molecule has 7 heteroatoms. The second-order valence-electron chi connectivity index (χ2n) is 6.12. The first-order valence-corrected chi connectivity index (χ1v) is 10.1. The molecule has 128 valence electrons. The standard InChI is InChI=1S/C17H22N4O2S/c1-24(22,23)15-8-5-10-21(11-9-15)17-12-16(18-13-19-17)20-14-6-3-2-4-7-14/h2-4,6-7,12-13,15H,5,8-11H2,1H3,(H,18,19,20). The van der Waals surface area contributed by atoms with Crippen LogP contribution in [0, 0.1) is 0 Å². The maximum Gasteiger partial charge on any atom is 0.150 e. The molecule has 0 aliphatic carbocycles. The van der Waals surface area contributed by atoms with Crippen LogP contribution in [0.3, 0.4) is 0 Å². The lowest BCUT2D eigenvalue weighted by Crippen LogP contribution is -2.27. The highest BCUT2D eigenvalue weighted by Gasteiger charge is 2.25. The Bertz CT molecular complexity index is 780. The van der Waals surface area contributed by atoms with Crippen LogP contribution in [0.4, 0.5) is 17.3 Å². The van der Waals surface area contributed by atoms with Gasteiger partial charge in [-0.2, -0.15) is 0 Å². The molecule has 2 aromatic rings. The molecular formula is C17H22N4O2S. The van der Waals surface area contributed by atoms with Gasteiger partial charge in [-0.15, -0.1) is 0 Å². The minimum absolute atomic E-state index is 0.244. The molecule has 1 saturated heterocycles. The van der Waals surface area contributed by atoms with E-state index in [1.807, 2.05) is 36.4 Å². The average Bonchev–Trinajstić information content (AvgIpc) is 2.82. The molecule has 1 unspecified atom stereocenters. The molecule has 2 heterocycles. The van der Waals surface area contributed by atoms with Crippen molar-refractivity contribution in [2.24, 2.45) is 0 Å². The molecule has 1 aliphatic heterocycles. The largest absolute Gasteiger partial charge is 0.356 e. The summed E-state index contributed by atoms with van der Waals surface area (Å²) in [6.07, 6.45) is 5.09. The number of sulfone groups is 1. The van der Waals surface area contributed by atoms with Gasteiger partial charge < -0.3 is 10.2 Å². The van der Waals surface area contributed by atoms with Gasteiger partial charge in [0.05, 0.1) is 5.25 Å². The predicted octanol–water partition coefficient (Wildman–Crippen LogP) is 2.62. The Morgan fingerprint density at radius 2 is 1.92 bits per heavy atom. The van der Waals surface area contributed by atoms with Gasteiger partial charge in [-0.3, -0.25) is 0 Å². The first-order chi connectivity index (χ1) is 11.5. The highest BCUT2D eigenvalue weighted by atomic mass is 32.2. The van der Waals surface area contributed by atoms with Gasteiger partial charge in [0.15, 0.2) is 0 Å². The maximum absolute atomic E-state index is 11.8. The number of anilines is 3. The Morgan fingerprint density at radius 1 is 1.12 bits per heavy atom. The fourth-order valence-corrected chi connectivity index (χ4v) is 4.11. The van der Waals surface area contributed by atoms with Gasteiger partial charge in [0.2, 0.25) is 0 Å². The molecule has 0 bridgehead atoms. The van der Waals surface area contributed by atoms with Crippen LogP contribution in [0.1, 0.15) is 19.3 Å². The third-order valence-corrected chi connectivity index (χ3v) is 5.99. The van der Waals surface area contributed by atoms with Crippen LogP contribution in [-0.2, 0) is 9.84 Å². The summed E-state index contributed by atoms with van der Waals surface area (Å²) in [4.78, 5) is 10.8. The van der Waals surface area contributed by atoms with Crippen LogP contribution in [0.25, 0.3) is 0 Å². The van der Waals surface area contributed by atoms with Crippen LogP contribution >= 0.6 is 0 Å². The highest BCUT2D eigenvalue weighted by molar-refractivity contribution is 7.91. The van der Waals surface area contributed by atoms with E-state index in [2.05, 4.69) is 20.2 Å². The molecular weight excluding hydrogens is 324 g/mol. The summed E-state index contributed by atoms with van der Waals surface area (Å²) in [6, 6.07) is 11.8. The summed E-state index contributed by atoms with van der Waals surface area (Å²) in [6.45, 7) is 1.51. The molecule has 0 spiro atoms. The molecule has 3 rings (SSSR count). The van der Waals surface area contributed by atoms with E-state index in [0.717, 1.165) is 36.7 Å². The first-order valence-electron chi connectivity index (χ1n) is 8.10. The lowest BCUT2D eigenvalue weighted by molar-refractivity contribution is 0.573. The van der Waals surface area contributed by atoms with Crippen molar-refractivity contribution in [3.8, 4) is 0 Å². The number of aromatic nitrogens is 2. The summed E-state index contributed by atoms with van der Waals surface area (Å²) in [5.74, 6) is 1.56. The van der Waals surface area contributed by atoms with Crippen molar-refractivity contribution in [1.29, 1.82) is 0 Å². The van der Waals surface area contributed by atoms with E-state index in [-0.39, 0.29) is 5.25 Å². The molecule has 24 heavy (non-hydrogen) atoms. The van der Waals surface area contributed by atoms with Gasteiger partial charge >= 0.3 is 0 Å². The third-order valence-electron chi connectivity index (χ3n) is 4.30. The summed E-state index contributed by atoms with van der Waals surface area (Å²) < 4.78 is 23.6. The zero-order valence-corrected chi connectivity index (χ0v) is 14.5. The molecule has 6 nitrogen and oxygen atoms in total. The lowest BCUT2D eigenvalue weighted by Gasteiger charge is -2.22. The maximum atomic E-state index is 11.8. The minimum atomic E-state index is -2.98. The molecule has 1 aliphatic rings. The van der Waals surface area contributed by atoms with E-state index in [9.17, 15) is 8.42 Å². The van der Waals surface area contributed by atoms with Gasteiger partial charge in [0.1, 0.15) is 27.8 Å². The van der Waals surface area contributed by atoms with Crippen molar-refractivity contribution in [2.75, 3.05) is 29.6 Å². The van der Waals surface area contributed by atoms with Gasteiger partial charge in [-0.25, -0.2) is 18.4 Å². The molecule has 1 aromatic heterocycles. The second kappa shape index (κ2) is 7.17. The third kappa shape index (κ3) is 4.23. The summed E-state index contributed by atoms with van der Waals surface area (Å²) in [5.41, 5.74) is 0.968. The molecule has 0 saturated carbocycles. The van der Waals surface area contributed by atoms with Gasteiger partial charge in [-0.1, -0.05) is 18.2 Å². The van der Waals surface area contributed by atoms with Crippen LogP contribution in [0.5, 0.6) is 0 Å². The van der Waals surface area contributed by atoms with E-state index in [1.165, 1.54) is 6.26 Å². The SMILES string of the molecule is CS(=O)(=O)C1CCCN(c2cc(Nc3ccccc3)ncn2)CC1. The van der Waals surface area contributed by atoms with Crippen LogP contribution in [-0.4, -0.2) is 43.0 Å². The first kappa shape index (κ1) is 16.7. The fraction of sp³-hybridized carbons (Fsp3) is 0.412. The zero-order valence-electron chi connectivity index (χ0n) is 13.7. The normalized spacial score (nSPS) is 18.9. The summed E-state index contributed by atoms with van der Waals surface area (Å²) >= 11 is 0. The van der Waals surface area contributed by atoms with Crippen molar-refractivity contribution in [3.63, 3.8) is 0 Å². The number of nitrogens with one attached hydrogen (secondary N) is 1. The van der Waals surface area contributed by atoms with E-state index < -0.39 is 9.84 Å². The van der Waals surface area contributed by atoms with Crippen LogP contribution in [0.2, 0.25) is 0 Å². The average molecular weight is 346 g/mol. The molecule has 1 aromatic carbocycles. The second-order valence-corrected chi connectivity index (χ2v) is 8.45. The quantitative estimate of drug-likeness (QED) is 0.917. The van der Waals surface area contributed by atoms with E-state index in [0.29, 0.717) is 13.0 Å². The Balaban J connectivity index is 1.72. The molecule has 1 fully saturated rings. The zero-order chi connectivity index (χ0) is 17.0. The van der Waals surface area contributed by atoms with Crippen LogP contribution < -0.4 is 10.2 Å².